The first-order chi connectivity index (χ1) is 10.1. The third kappa shape index (κ3) is 2.36. The van der Waals surface area contributed by atoms with Gasteiger partial charge in [0, 0.05) is 19.6 Å². The number of aromatic amines is 1. The summed E-state index contributed by atoms with van der Waals surface area (Å²) in [6, 6.07) is 0.400. The molecule has 1 fully saturated rings. The van der Waals surface area contributed by atoms with Crippen molar-refractivity contribution in [1.29, 1.82) is 0 Å². The minimum absolute atomic E-state index is 0.376. The lowest BCUT2D eigenvalue weighted by atomic mass is 9.96. The first-order valence-electron chi connectivity index (χ1n) is 7.58. The van der Waals surface area contributed by atoms with Gasteiger partial charge in [-0.1, -0.05) is 19.3 Å². The van der Waals surface area contributed by atoms with Crippen molar-refractivity contribution in [1.82, 2.24) is 19.1 Å². The van der Waals surface area contributed by atoms with Gasteiger partial charge in [-0.25, -0.2) is 4.79 Å². The molecule has 2 heterocycles. The highest BCUT2D eigenvalue weighted by molar-refractivity contribution is 5.74. The van der Waals surface area contributed by atoms with Crippen LogP contribution in [0.4, 0.5) is 5.95 Å². The van der Waals surface area contributed by atoms with Crippen LogP contribution in [0.2, 0.25) is 0 Å². The number of H-pyrrole nitrogens is 1. The molecule has 0 saturated heterocycles. The van der Waals surface area contributed by atoms with Crippen molar-refractivity contribution < 1.29 is 0 Å². The molecular weight excluding hydrogens is 270 g/mol. The van der Waals surface area contributed by atoms with E-state index in [1.807, 2.05) is 11.5 Å². The Bertz CT molecular complexity index is 764. The molecule has 3 rings (SSSR count). The normalized spacial score (nSPS) is 16.5. The summed E-state index contributed by atoms with van der Waals surface area (Å²) in [6.45, 7) is 2.60. The van der Waals surface area contributed by atoms with Gasteiger partial charge < -0.3 is 9.88 Å². The van der Waals surface area contributed by atoms with Gasteiger partial charge in [0.05, 0.1) is 0 Å². The van der Waals surface area contributed by atoms with Gasteiger partial charge in [-0.3, -0.25) is 14.3 Å². The second-order valence-corrected chi connectivity index (χ2v) is 5.65. The highest BCUT2D eigenvalue weighted by Crippen LogP contribution is 2.22. The minimum Gasteiger partial charge on any atom is -0.353 e. The maximum Gasteiger partial charge on any atom is 0.329 e. The van der Waals surface area contributed by atoms with Crippen LogP contribution in [0.5, 0.6) is 0 Å². The molecule has 114 valence electrons. The number of anilines is 1. The average molecular weight is 291 g/mol. The second-order valence-electron chi connectivity index (χ2n) is 5.65. The first kappa shape index (κ1) is 13.9. The van der Waals surface area contributed by atoms with E-state index >= 15 is 0 Å². The summed E-state index contributed by atoms with van der Waals surface area (Å²) in [4.78, 5) is 30.6. The molecule has 1 saturated carbocycles. The van der Waals surface area contributed by atoms with Gasteiger partial charge in [-0.15, -0.1) is 0 Å². The van der Waals surface area contributed by atoms with E-state index in [9.17, 15) is 9.59 Å². The van der Waals surface area contributed by atoms with Crippen LogP contribution < -0.4 is 16.6 Å². The fourth-order valence-electron chi connectivity index (χ4n) is 3.08. The van der Waals surface area contributed by atoms with Gasteiger partial charge in [-0.05, 0) is 19.8 Å². The number of aryl methyl sites for hydroxylation is 2. The Morgan fingerprint density at radius 2 is 2.00 bits per heavy atom. The maximum atomic E-state index is 12.1. The zero-order chi connectivity index (χ0) is 15.0. The first-order valence-corrected chi connectivity index (χ1v) is 7.58. The van der Waals surface area contributed by atoms with Crippen molar-refractivity contribution in [3.63, 3.8) is 0 Å². The van der Waals surface area contributed by atoms with Crippen LogP contribution in [0.1, 0.15) is 39.0 Å². The monoisotopic (exact) mass is 291 g/mol. The third-order valence-corrected chi connectivity index (χ3v) is 4.26. The average Bonchev–Trinajstić information content (AvgIpc) is 2.85. The number of nitrogens with zero attached hydrogens (tertiary/aromatic N) is 3. The minimum atomic E-state index is -0.433. The molecule has 0 unspecified atom stereocenters. The zero-order valence-electron chi connectivity index (χ0n) is 12.5. The molecule has 0 aliphatic heterocycles. The van der Waals surface area contributed by atoms with E-state index in [2.05, 4.69) is 15.3 Å². The van der Waals surface area contributed by atoms with E-state index in [0.29, 0.717) is 29.7 Å². The molecule has 0 atom stereocenters. The van der Waals surface area contributed by atoms with E-state index in [0.717, 1.165) is 12.8 Å². The third-order valence-electron chi connectivity index (χ3n) is 4.26. The number of imidazole rings is 1. The van der Waals surface area contributed by atoms with E-state index in [1.54, 1.807) is 7.05 Å². The number of rotatable bonds is 3. The van der Waals surface area contributed by atoms with Crippen LogP contribution in [0.3, 0.4) is 0 Å². The molecule has 1 aliphatic carbocycles. The SMILES string of the molecule is CCn1c(NC2CCCCC2)nc2c1c(=O)[nH]c(=O)n2C. The summed E-state index contributed by atoms with van der Waals surface area (Å²) in [5, 5.41) is 3.45. The summed E-state index contributed by atoms with van der Waals surface area (Å²) in [7, 11) is 1.62. The van der Waals surface area contributed by atoms with Crippen LogP contribution in [-0.2, 0) is 13.6 Å². The molecule has 0 amide bonds. The second kappa shape index (κ2) is 5.38. The fourth-order valence-corrected chi connectivity index (χ4v) is 3.08. The molecule has 0 bridgehead atoms. The smallest absolute Gasteiger partial charge is 0.329 e. The molecule has 7 heteroatoms. The Balaban J connectivity index is 2.10. The maximum absolute atomic E-state index is 12.1. The van der Waals surface area contributed by atoms with Gasteiger partial charge in [0.1, 0.15) is 0 Å². The number of fused-ring (bicyclic) bond motifs is 1. The summed E-state index contributed by atoms with van der Waals surface area (Å²) in [5.74, 6) is 0.686. The predicted molar refractivity (Wildman–Crippen MR) is 81.8 cm³/mol. The molecule has 2 aromatic heterocycles. The van der Waals surface area contributed by atoms with Crippen LogP contribution in [0.25, 0.3) is 11.2 Å². The van der Waals surface area contributed by atoms with Crippen molar-refractivity contribution in [2.24, 2.45) is 7.05 Å². The Kier molecular flexibility index (Phi) is 3.57. The summed E-state index contributed by atoms with van der Waals surface area (Å²) < 4.78 is 3.23. The summed E-state index contributed by atoms with van der Waals surface area (Å²) >= 11 is 0. The van der Waals surface area contributed by atoms with Gasteiger partial charge in [-0.2, -0.15) is 4.98 Å². The summed E-state index contributed by atoms with van der Waals surface area (Å²) in [6.07, 6.45) is 5.99. The van der Waals surface area contributed by atoms with Crippen LogP contribution >= 0.6 is 0 Å². The van der Waals surface area contributed by atoms with Crippen molar-refractivity contribution in [3.8, 4) is 0 Å². The van der Waals surface area contributed by atoms with Crippen LogP contribution in [0.15, 0.2) is 9.59 Å². The lowest BCUT2D eigenvalue weighted by Gasteiger charge is -2.23. The molecule has 0 aromatic carbocycles. The quantitative estimate of drug-likeness (QED) is 0.889. The molecule has 2 aromatic rings. The van der Waals surface area contributed by atoms with Gasteiger partial charge in [0.15, 0.2) is 11.2 Å². The van der Waals surface area contributed by atoms with Crippen molar-refractivity contribution in [2.45, 2.75) is 51.6 Å². The molecule has 0 radical (unpaired) electrons. The predicted octanol–water partition coefficient (Wildman–Crippen LogP) is 1.19. The van der Waals surface area contributed by atoms with Crippen molar-refractivity contribution in [2.75, 3.05) is 5.32 Å². The lowest BCUT2D eigenvalue weighted by Crippen LogP contribution is -2.29. The number of hydrogen-bond acceptors (Lipinski definition) is 4. The van der Waals surface area contributed by atoms with Crippen molar-refractivity contribution in [3.05, 3.63) is 20.8 Å². The van der Waals surface area contributed by atoms with Gasteiger partial charge >= 0.3 is 5.69 Å². The molecular formula is C14H21N5O2. The number of aromatic nitrogens is 4. The summed E-state index contributed by atoms with van der Waals surface area (Å²) in [5.41, 5.74) is 0.0819. The van der Waals surface area contributed by atoms with Crippen LogP contribution in [0, 0.1) is 0 Å². The standard InChI is InChI=1S/C14H21N5O2/c1-3-19-10-11(18(2)14(21)17-12(10)20)16-13(19)15-9-7-5-4-6-8-9/h9H,3-8H2,1-2H3,(H,15,16)(H,17,20,21). The number of hydrogen-bond donors (Lipinski definition) is 2. The van der Waals surface area contributed by atoms with E-state index in [1.165, 1.54) is 23.8 Å². The van der Waals surface area contributed by atoms with Crippen LogP contribution in [-0.4, -0.2) is 25.1 Å². The highest BCUT2D eigenvalue weighted by atomic mass is 16.2. The molecule has 0 spiro atoms. The molecule has 1 aliphatic rings. The van der Waals surface area contributed by atoms with E-state index < -0.39 is 5.69 Å². The van der Waals surface area contributed by atoms with E-state index in [-0.39, 0.29) is 5.56 Å². The Morgan fingerprint density at radius 3 is 2.67 bits per heavy atom. The Morgan fingerprint density at radius 1 is 1.29 bits per heavy atom. The topological polar surface area (TPSA) is 84.7 Å². The van der Waals surface area contributed by atoms with E-state index in [4.69, 9.17) is 0 Å². The Hall–Kier alpha value is -2.05. The lowest BCUT2D eigenvalue weighted by molar-refractivity contribution is 0.459. The largest absolute Gasteiger partial charge is 0.353 e. The zero-order valence-corrected chi connectivity index (χ0v) is 12.5. The van der Waals surface area contributed by atoms with Gasteiger partial charge in [0.25, 0.3) is 5.56 Å². The Labute approximate surface area is 122 Å². The number of nitrogens with one attached hydrogen (secondary N) is 2. The fraction of sp³-hybridized carbons (Fsp3) is 0.643. The molecule has 7 nitrogen and oxygen atoms in total. The highest BCUT2D eigenvalue weighted by Gasteiger charge is 2.19. The van der Waals surface area contributed by atoms with Crippen molar-refractivity contribution >= 4 is 17.1 Å². The molecule has 2 N–H and O–H groups in total. The molecule has 21 heavy (non-hydrogen) atoms. The van der Waals surface area contributed by atoms with Gasteiger partial charge in [0.2, 0.25) is 5.95 Å².